The van der Waals surface area contributed by atoms with E-state index in [4.69, 9.17) is 14.2 Å². The average Bonchev–Trinajstić information content (AvgIpc) is 2.79. The lowest BCUT2D eigenvalue weighted by atomic mass is 9.84. The van der Waals surface area contributed by atoms with Gasteiger partial charge in [-0.25, -0.2) is 0 Å². The highest BCUT2D eigenvalue weighted by Gasteiger charge is 2.26. The maximum absolute atomic E-state index is 11.3. The van der Waals surface area contributed by atoms with Crippen molar-refractivity contribution in [2.75, 3.05) is 19.8 Å². The van der Waals surface area contributed by atoms with Crippen LogP contribution in [0.15, 0.2) is 59.9 Å². The first-order chi connectivity index (χ1) is 16.1. The molecule has 0 amide bonds. The number of ether oxygens (including phenoxy) is 3. The van der Waals surface area contributed by atoms with Crippen LogP contribution in [-0.2, 0) is 23.8 Å². The molecule has 2 aromatic carbocycles. The van der Waals surface area contributed by atoms with Gasteiger partial charge < -0.3 is 34.6 Å². The molecule has 0 heterocycles. The number of phenolic OH excluding ortho intramolecular Hbond substituents is 2. The van der Waals surface area contributed by atoms with E-state index in [0.717, 1.165) is 11.1 Å². The highest BCUT2D eigenvalue weighted by molar-refractivity contribution is 5.66. The zero-order valence-electron chi connectivity index (χ0n) is 19.3. The molecule has 0 radical (unpaired) electrons. The van der Waals surface area contributed by atoms with Crippen LogP contribution in [0.1, 0.15) is 37.8 Å². The number of aliphatic hydroxyl groups is 2. The molecule has 0 aliphatic carbocycles. The van der Waals surface area contributed by atoms with Crippen LogP contribution in [0.3, 0.4) is 0 Å². The third kappa shape index (κ3) is 8.09. The Labute approximate surface area is 197 Å². The third-order valence-electron chi connectivity index (χ3n) is 4.93. The molecule has 0 aromatic heterocycles. The molecule has 34 heavy (non-hydrogen) atoms. The van der Waals surface area contributed by atoms with Crippen LogP contribution in [0.4, 0.5) is 0 Å². The Morgan fingerprint density at radius 1 is 0.706 bits per heavy atom. The molecule has 0 spiro atoms. The first-order valence-corrected chi connectivity index (χ1v) is 10.6. The summed E-state index contributed by atoms with van der Waals surface area (Å²) in [6, 6.07) is 12.9. The first kappa shape index (κ1) is 26.7. The van der Waals surface area contributed by atoms with Gasteiger partial charge in [-0.05, 0) is 47.9 Å². The van der Waals surface area contributed by atoms with Crippen molar-refractivity contribution in [3.8, 4) is 11.5 Å². The molecular formula is C25H30O9. The minimum atomic E-state index is -1.35. The topological polar surface area (TPSA) is 143 Å². The first-order valence-electron chi connectivity index (χ1n) is 10.6. The summed E-state index contributed by atoms with van der Waals surface area (Å²) >= 11 is 0. The van der Waals surface area contributed by atoms with Crippen molar-refractivity contribution in [1.82, 2.24) is 0 Å². The Morgan fingerprint density at radius 2 is 1.12 bits per heavy atom. The molecule has 9 heteroatoms. The second kappa shape index (κ2) is 12.6. The molecule has 2 aromatic rings. The standard InChI is InChI=1S/C25H30O9/c1-15(24(18-4-8-20(28)9-5-18)19-6-10-21(29)11-7-19)25(23(31)14-33-17(3)27)34-13-22(30)12-32-16(2)26/h4-11,22-24,28-31H,12-14H2,1-3H3/b25-15-. The van der Waals surface area contributed by atoms with E-state index in [2.05, 4.69) is 0 Å². The van der Waals surface area contributed by atoms with Gasteiger partial charge in [0.2, 0.25) is 0 Å². The van der Waals surface area contributed by atoms with E-state index < -0.39 is 30.1 Å². The van der Waals surface area contributed by atoms with Crippen molar-refractivity contribution in [2.24, 2.45) is 0 Å². The lowest BCUT2D eigenvalue weighted by molar-refractivity contribution is -0.145. The van der Waals surface area contributed by atoms with Crippen LogP contribution in [-0.4, -0.2) is 64.4 Å². The van der Waals surface area contributed by atoms with E-state index in [-0.39, 0.29) is 37.1 Å². The number of hydrogen-bond donors (Lipinski definition) is 4. The number of phenols is 2. The highest BCUT2D eigenvalue weighted by atomic mass is 16.6. The largest absolute Gasteiger partial charge is 0.508 e. The smallest absolute Gasteiger partial charge is 0.302 e. The molecule has 0 fully saturated rings. The summed E-state index contributed by atoms with van der Waals surface area (Å²) in [5.74, 6) is -1.40. The number of allylic oxidation sites excluding steroid dienone is 1. The second-order valence-electron chi connectivity index (χ2n) is 7.75. The predicted octanol–water partition coefficient (Wildman–Crippen LogP) is 2.37. The number of benzene rings is 2. The number of esters is 2. The quantitative estimate of drug-likeness (QED) is 0.285. The van der Waals surface area contributed by atoms with Crippen LogP contribution < -0.4 is 0 Å². The fourth-order valence-corrected chi connectivity index (χ4v) is 3.36. The summed E-state index contributed by atoms with van der Waals surface area (Å²) in [5.41, 5.74) is 2.04. The molecule has 0 bridgehead atoms. The van der Waals surface area contributed by atoms with Gasteiger partial charge in [-0.15, -0.1) is 0 Å². The number of aromatic hydroxyl groups is 2. The lowest BCUT2D eigenvalue weighted by Gasteiger charge is -2.26. The van der Waals surface area contributed by atoms with Crippen LogP contribution >= 0.6 is 0 Å². The number of rotatable bonds is 11. The molecule has 0 saturated heterocycles. The summed E-state index contributed by atoms with van der Waals surface area (Å²) in [7, 11) is 0. The molecule has 0 aliphatic rings. The molecule has 0 saturated carbocycles. The fraction of sp³-hybridized carbons (Fsp3) is 0.360. The molecule has 2 atom stereocenters. The van der Waals surface area contributed by atoms with E-state index in [1.54, 1.807) is 31.2 Å². The Kier molecular flexibility index (Phi) is 9.91. The van der Waals surface area contributed by atoms with Crippen LogP contribution in [0.5, 0.6) is 11.5 Å². The van der Waals surface area contributed by atoms with Crippen LogP contribution in [0.2, 0.25) is 0 Å². The SMILES string of the molecule is CC(=O)OCC(O)CO/C(=C(/C)C(c1ccc(O)cc1)c1ccc(O)cc1)C(O)COC(C)=O. The number of carbonyl (C=O) groups is 2. The van der Waals surface area contributed by atoms with Gasteiger partial charge in [-0.3, -0.25) is 9.59 Å². The summed E-state index contributed by atoms with van der Waals surface area (Å²) in [6.45, 7) is 3.18. The molecular weight excluding hydrogens is 444 g/mol. The molecule has 0 aliphatic heterocycles. The molecule has 184 valence electrons. The highest BCUT2D eigenvalue weighted by Crippen LogP contribution is 2.36. The zero-order chi connectivity index (χ0) is 25.3. The van der Waals surface area contributed by atoms with Gasteiger partial charge in [-0.1, -0.05) is 24.3 Å². The van der Waals surface area contributed by atoms with E-state index in [1.165, 1.54) is 38.1 Å². The third-order valence-corrected chi connectivity index (χ3v) is 4.93. The monoisotopic (exact) mass is 474 g/mol. The van der Waals surface area contributed by atoms with Gasteiger partial charge in [0.25, 0.3) is 0 Å². The van der Waals surface area contributed by atoms with Crippen molar-refractivity contribution in [3.63, 3.8) is 0 Å². The maximum atomic E-state index is 11.3. The Balaban J connectivity index is 2.48. The summed E-state index contributed by atoms with van der Waals surface area (Å²) in [5, 5.41) is 40.3. The van der Waals surface area contributed by atoms with Crippen LogP contribution in [0, 0.1) is 0 Å². The maximum Gasteiger partial charge on any atom is 0.302 e. The number of carbonyl (C=O) groups excluding carboxylic acids is 2. The van der Waals surface area contributed by atoms with Crippen molar-refractivity contribution in [2.45, 2.75) is 38.9 Å². The van der Waals surface area contributed by atoms with Gasteiger partial charge >= 0.3 is 11.9 Å². The van der Waals surface area contributed by atoms with Crippen molar-refractivity contribution < 1.29 is 44.2 Å². The van der Waals surface area contributed by atoms with Gasteiger partial charge in [0, 0.05) is 19.8 Å². The minimum Gasteiger partial charge on any atom is -0.508 e. The number of aliphatic hydroxyl groups excluding tert-OH is 2. The van der Waals surface area contributed by atoms with E-state index in [0.29, 0.717) is 5.57 Å². The summed E-state index contributed by atoms with van der Waals surface area (Å²) in [4.78, 5) is 22.3. The van der Waals surface area contributed by atoms with Crippen molar-refractivity contribution in [1.29, 1.82) is 0 Å². The summed E-state index contributed by atoms with van der Waals surface area (Å²) in [6.07, 6.45) is -2.50. The predicted molar refractivity (Wildman–Crippen MR) is 122 cm³/mol. The summed E-state index contributed by atoms with van der Waals surface area (Å²) < 4.78 is 15.5. The van der Waals surface area contributed by atoms with E-state index in [9.17, 15) is 30.0 Å². The van der Waals surface area contributed by atoms with Crippen molar-refractivity contribution in [3.05, 3.63) is 71.0 Å². The molecule has 2 unspecified atom stereocenters. The molecule has 9 nitrogen and oxygen atoms in total. The van der Waals surface area contributed by atoms with Gasteiger partial charge in [0.15, 0.2) is 0 Å². The number of hydrogen-bond acceptors (Lipinski definition) is 9. The van der Waals surface area contributed by atoms with Gasteiger partial charge in [0.05, 0.1) is 0 Å². The molecule has 4 N–H and O–H groups in total. The Morgan fingerprint density at radius 3 is 1.56 bits per heavy atom. The Hall–Kier alpha value is -3.56. The van der Waals surface area contributed by atoms with Gasteiger partial charge in [0.1, 0.15) is 49.3 Å². The van der Waals surface area contributed by atoms with E-state index >= 15 is 0 Å². The fourth-order valence-electron chi connectivity index (χ4n) is 3.36. The lowest BCUT2D eigenvalue weighted by Crippen LogP contribution is -2.28. The molecule has 2 rings (SSSR count). The average molecular weight is 475 g/mol. The van der Waals surface area contributed by atoms with E-state index in [1.807, 2.05) is 0 Å². The van der Waals surface area contributed by atoms with Crippen LogP contribution in [0.25, 0.3) is 0 Å². The van der Waals surface area contributed by atoms with Crippen molar-refractivity contribution >= 4 is 11.9 Å². The zero-order valence-corrected chi connectivity index (χ0v) is 19.3. The Bertz CT molecular complexity index is 935. The van der Waals surface area contributed by atoms with Gasteiger partial charge in [-0.2, -0.15) is 0 Å². The second-order valence-corrected chi connectivity index (χ2v) is 7.75. The normalized spacial score (nSPS) is 13.6. The minimum absolute atomic E-state index is 0.0641.